The van der Waals surface area contributed by atoms with E-state index in [1.54, 1.807) is 38.1 Å². The summed E-state index contributed by atoms with van der Waals surface area (Å²) in [6.07, 6.45) is 2.91. The van der Waals surface area contributed by atoms with Gasteiger partial charge in [0.25, 0.3) is 0 Å². The van der Waals surface area contributed by atoms with Gasteiger partial charge in [0.15, 0.2) is 5.78 Å². The van der Waals surface area contributed by atoms with Gasteiger partial charge >= 0.3 is 0 Å². The van der Waals surface area contributed by atoms with Crippen LogP contribution in [0.1, 0.15) is 24.2 Å². The molecule has 0 fully saturated rings. The zero-order valence-corrected chi connectivity index (χ0v) is 8.81. The highest BCUT2D eigenvalue weighted by Gasteiger charge is 2.14. The zero-order chi connectivity index (χ0) is 11.3. The van der Waals surface area contributed by atoms with E-state index in [4.69, 9.17) is 5.26 Å². The number of allylic oxidation sites excluding steroid dienone is 1. The molecule has 0 saturated heterocycles. The number of ketones is 1. The SMILES string of the molecule is CC(C)(/C=C/C(=O)c1ccccc1)OO. The fraction of sp³-hybridized carbons (Fsp3) is 0.250. The predicted octanol–water partition coefficient (Wildman–Crippen LogP) is 2.69. The lowest BCUT2D eigenvalue weighted by molar-refractivity contribution is -0.297. The molecule has 3 nitrogen and oxygen atoms in total. The minimum atomic E-state index is -0.843. The van der Waals surface area contributed by atoms with Crippen molar-refractivity contribution < 1.29 is 14.9 Å². The standard InChI is InChI=1S/C12H14O3/c1-12(2,15-14)9-8-11(13)10-6-4-3-5-7-10/h3-9,14H,1-2H3/b9-8+. The highest BCUT2D eigenvalue weighted by atomic mass is 17.1. The molecule has 1 rings (SSSR count). The largest absolute Gasteiger partial charge is 0.289 e. The molecule has 0 aliphatic rings. The summed E-state index contributed by atoms with van der Waals surface area (Å²) in [4.78, 5) is 15.8. The smallest absolute Gasteiger partial charge is 0.185 e. The van der Waals surface area contributed by atoms with Crippen LogP contribution in [-0.4, -0.2) is 16.6 Å². The van der Waals surface area contributed by atoms with Crippen LogP contribution in [0.5, 0.6) is 0 Å². The van der Waals surface area contributed by atoms with Crippen molar-refractivity contribution in [2.75, 3.05) is 0 Å². The first kappa shape index (κ1) is 11.6. The van der Waals surface area contributed by atoms with Crippen LogP contribution in [0.15, 0.2) is 42.5 Å². The van der Waals surface area contributed by atoms with Crippen molar-refractivity contribution in [1.82, 2.24) is 0 Å². The Kier molecular flexibility index (Phi) is 3.77. The van der Waals surface area contributed by atoms with E-state index in [2.05, 4.69) is 4.89 Å². The Labute approximate surface area is 88.9 Å². The molecular formula is C12H14O3. The summed E-state index contributed by atoms with van der Waals surface area (Å²) in [6, 6.07) is 8.92. The Bertz CT molecular complexity index is 352. The molecule has 0 aliphatic heterocycles. The third-order valence-corrected chi connectivity index (χ3v) is 1.93. The number of hydrogen-bond acceptors (Lipinski definition) is 3. The third-order valence-electron chi connectivity index (χ3n) is 1.93. The van der Waals surface area contributed by atoms with Gasteiger partial charge in [0.05, 0.1) is 0 Å². The van der Waals surface area contributed by atoms with Gasteiger partial charge in [-0.05, 0) is 26.0 Å². The predicted molar refractivity (Wildman–Crippen MR) is 57.7 cm³/mol. The van der Waals surface area contributed by atoms with Crippen molar-refractivity contribution in [1.29, 1.82) is 0 Å². The molecule has 0 heterocycles. The van der Waals surface area contributed by atoms with Crippen molar-refractivity contribution in [2.45, 2.75) is 19.4 Å². The van der Waals surface area contributed by atoms with Gasteiger partial charge in [0, 0.05) is 5.56 Å². The van der Waals surface area contributed by atoms with Crippen LogP contribution in [0.25, 0.3) is 0 Å². The van der Waals surface area contributed by atoms with Gasteiger partial charge < -0.3 is 0 Å². The monoisotopic (exact) mass is 206 g/mol. The number of rotatable bonds is 4. The van der Waals surface area contributed by atoms with Gasteiger partial charge in [-0.2, -0.15) is 0 Å². The van der Waals surface area contributed by atoms with Gasteiger partial charge in [-0.3, -0.25) is 10.1 Å². The van der Waals surface area contributed by atoms with Crippen molar-refractivity contribution in [2.24, 2.45) is 0 Å². The molecular weight excluding hydrogens is 192 g/mol. The summed E-state index contributed by atoms with van der Waals surface area (Å²) in [5.41, 5.74) is -0.229. The summed E-state index contributed by atoms with van der Waals surface area (Å²) in [6.45, 7) is 3.31. The molecule has 1 N–H and O–H groups in total. The highest BCUT2D eigenvalue weighted by molar-refractivity contribution is 6.04. The molecule has 0 saturated carbocycles. The summed E-state index contributed by atoms with van der Waals surface area (Å²) in [7, 11) is 0. The van der Waals surface area contributed by atoms with E-state index in [1.165, 1.54) is 12.2 Å². The normalized spacial score (nSPS) is 11.9. The fourth-order valence-electron chi connectivity index (χ4n) is 1.01. The quantitative estimate of drug-likeness (QED) is 0.356. The molecule has 0 unspecified atom stereocenters. The van der Waals surface area contributed by atoms with E-state index in [-0.39, 0.29) is 5.78 Å². The average Bonchev–Trinajstić information content (AvgIpc) is 2.27. The molecule has 0 amide bonds. The van der Waals surface area contributed by atoms with E-state index in [1.807, 2.05) is 6.07 Å². The molecule has 0 bridgehead atoms. The molecule has 15 heavy (non-hydrogen) atoms. The summed E-state index contributed by atoms with van der Waals surface area (Å²) >= 11 is 0. The second kappa shape index (κ2) is 4.87. The zero-order valence-electron chi connectivity index (χ0n) is 8.81. The van der Waals surface area contributed by atoms with Crippen LogP contribution in [0.3, 0.4) is 0 Å². The van der Waals surface area contributed by atoms with Crippen LogP contribution in [0.4, 0.5) is 0 Å². The van der Waals surface area contributed by atoms with Crippen LogP contribution in [0, 0.1) is 0 Å². The first-order valence-electron chi connectivity index (χ1n) is 4.66. The maximum atomic E-state index is 11.6. The maximum absolute atomic E-state index is 11.6. The van der Waals surface area contributed by atoms with Crippen molar-refractivity contribution in [3.63, 3.8) is 0 Å². The molecule has 0 aromatic heterocycles. The van der Waals surface area contributed by atoms with Gasteiger partial charge in [-0.1, -0.05) is 30.3 Å². The Hall–Kier alpha value is -1.45. The van der Waals surface area contributed by atoms with E-state index in [0.29, 0.717) is 5.56 Å². The summed E-state index contributed by atoms with van der Waals surface area (Å²) in [5, 5.41) is 8.51. The minimum Gasteiger partial charge on any atom is -0.289 e. The van der Waals surface area contributed by atoms with Gasteiger partial charge in [0.2, 0.25) is 0 Å². The van der Waals surface area contributed by atoms with Gasteiger partial charge in [0.1, 0.15) is 5.60 Å². The Morgan fingerprint density at radius 1 is 1.33 bits per heavy atom. The second-order valence-corrected chi connectivity index (χ2v) is 3.76. The van der Waals surface area contributed by atoms with Crippen LogP contribution >= 0.6 is 0 Å². The summed E-state index contributed by atoms with van der Waals surface area (Å²) < 4.78 is 0. The molecule has 0 aliphatic carbocycles. The highest BCUT2D eigenvalue weighted by Crippen LogP contribution is 2.10. The lowest BCUT2D eigenvalue weighted by Crippen LogP contribution is -2.19. The molecule has 0 atom stereocenters. The Morgan fingerprint density at radius 3 is 2.47 bits per heavy atom. The van der Waals surface area contributed by atoms with Crippen LogP contribution in [-0.2, 0) is 4.89 Å². The molecule has 0 spiro atoms. The lowest BCUT2D eigenvalue weighted by Gasteiger charge is -2.14. The number of hydrogen-bond donors (Lipinski definition) is 1. The first-order chi connectivity index (χ1) is 7.05. The topological polar surface area (TPSA) is 46.5 Å². The fourth-order valence-corrected chi connectivity index (χ4v) is 1.01. The lowest BCUT2D eigenvalue weighted by atomic mass is 10.1. The molecule has 1 aromatic carbocycles. The van der Waals surface area contributed by atoms with Crippen molar-refractivity contribution in [3.05, 3.63) is 48.0 Å². The Balaban J connectivity index is 2.73. The molecule has 80 valence electrons. The van der Waals surface area contributed by atoms with E-state index < -0.39 is 5.60 Å². The molecule has 0 radical (unpaired) electrons. The number of carbonyl (C=O) groups is 1. The van der Waals surface area contributed by atoms with Crippen LogP contribution in [0.2, 0.25) is 0 Å². The maximum Gasteiger partial charge on any atom is 0.185 e. The minimum absolute atomic E-state index is 0.110. The van der Waals surface area contributed by atoms with Gasteiger partial charge in [-0.15, -0.1) is 0 Å². The average molecular weight is 206 g/mol. The third kappa shape index (κ3) is 3.65. The van der Waals surface area contributed by atoms with Crippen molar-refractivity contribution in [3.8, 4) is 0 Å². The number of benzene rings is 1. The second-order valence-electron chi connectivity index (χ2n) is 3.76. The van der Waals surface area contributed by atoms with E-state index in [9.17, 15) is 4.79 Å². The van der Waals surface area contributed by atoms with E-state index >= 15 is 0 Å². The van der Waals surface area contributed by atoms with E-state index in [0.717, 1.165) is 0 Å². The first-order valence-corrected chi connectivity index (χ1v) is 4.66. The van der Waals surface area contributed by atoms with Gasteiger partial charge in [-0.25, -0.2) is 4.89 Å². The molecule has 1 aromatic rings. The van der Waals surface area contributed by atoms with Crippen LogP contribution < -0.4 is 0 Å². The van der Waals surface area contributed by atoms with Crippen molar-refractivity contribution >= 4 is 5.78 Å². The summed E-state index contributed by atoms with van der Waals surface area (Å²) in [5.74, 6) is -0.110. The number of carbonyl (C=O) groups excluding carboxylic acids is 1. The Morgan fingerprint density at radius 2 is 1.93 bits per heavy atom. The molecule has 3 heteroatoms.